The largest absolute Gasteiger partial charge is 0.348 e. The summed E-state index contributed by atoms with van der Waals surface area (Å²) in [6.45, 7) is 5.97. The molecule has 3 aromatic rings. The predicted octanol–water partition coefficient (Wildman–Crippen LogP) is 3.68. The summed E-state index contributed by atoms with van der Waals surface area (Å²) in [5.74, 6) is -0.438. The van der Waals surface area contributed by atoms with E-state index in [4.69, 9.17) is 0 Å². The second-order valence-corrected chi connectivity index (χ2v) is 6.49. The van der Waals surface area contributed by atoms with Crippen LogP contribution in [0.3, 0.4) is 0 Å². The van der Waals surface area contributed by atoms with Crippen molar-refractivity contribution >= 4 is 23.0 Å². The number of nitrogens with one attached hydrogen (secondary N) is 2. The van der Waals surface area contributed by atoms with Crippen molar-refractivity contribution in [3.8, 4) is 0 Å². The van der Waals surface area contributed by atoms with Crippen LogP contribution in [0.5, 0.6) is 0 Å². The molecule has 2 heterocycles. The number of aromatic nitrogens is 2. The van der Waals surface area contributed by atoms with Gasteiger partial charge in [0.15, 0.2) is 5.69 Å². The third-order valence-corrected chi connectivity index (χ3v) is 4.60. The van der Waals surface area contributed by atoms with Gasteiger partial charge >= 0.3 is 0 Å². The molecule has 0 saturated heterocycles. The molecule has 0 saturated carbocycles. The molecule has 0 aliphatic rings. The van der Waals surface area contributed by atoms with E-state index in [0.717, 1.165) is 24.1 Å². The van der Waals surface area contributed by atoms with Gasteiger partial charge in [0, 0.05) is 17.9 Å². The van der Waals surface area contributed by atoms with Crippen LogP contribution in [0.2, 0.25) is 0 Å². The van der Waals surface area contributed by atoms with Gasteiger partial charge in [-0.2, -0.15) is 0 Å². The lowest BCUT2D eigenvalue weighted by atomic mass is 10.1. The molecule has 140 valence electrons. The first-order chi connectivity index (χ1) is 13.0. The Morgan fingerprint density at radius 2 is 1.81 bits per heavy atom. The minimum Gasteiger partial charge on any atom is -0.348 e. The van der Waals surface area contributed by atoms with Gasteiger partial charge in [0.2, 0.25) is 5.82 Å². The molecule has 2 aromatic heterocycles. The fourth-order valence-electron chi connectivity index (χ4n) is 2.89. The number of anilines is 1. The average Bonchev–Trinajstić information content (AvgIpc) is 3.08. The highest BCUT2D eigenvalue weighted by molar-refractivity contribution is 6.06. The van der Waals surface area contributed by atoms with Crippen molar-refractivity contribution < 1.29 is 9.59 Å². The average molecular weight is 364 g/mol. The maximum absolute atomic E-state index is 12.9. The van der Waals surface area contributed by atoms with Crippen LogP contribution in [0, 0.1) is 0 Å². The Morgan fingerprint density at radius 1 is 1.07 bits per heavy atom. The van der Waals surface area contributed by atoms with E-state index in [1.807, 2.05) is 57.2 Å². The van der Waals surface area contributed by atoms with Crippen LogP contribution >= 0.6 is 0 Å². The number of pyridine rings is 1. The summed E-state index contributed by atoms with van der Waals surface area (Å²) in [5, 5.41) is 5.83. The van der Waals surface area contributed by atoms with Crippen LogP contribution in [0.1, 0.15) is 53.9 Å². The standard InChI is InChI=1S/C21H24N4O2/c1-4-14(3)22-20(26)18-17-12-8-9-13-25(17)19(24-18)21(27)23-16-11-7-6-10-15(16)5-2/h6-14H,4-5H2,1-3H3,(H,22,26)(H,23,27). The highest BCUT2D eigenvalue weighted by atomic mass is 16.2. The minimum absolute atomic E-state index is 0.0340. The number of imidazole rings is 1. The van der Waals surface area contributed by atoms with Crippen LogP contribution in [0.25, 0.3) is 5.52 Å². The van der Waals surface area contributed by atoms with Crippen LogP contribution < -0.4 is 10.6 Å². The number of carbonyl (C=O) groups is 2. The molecule has 0 aliphatic heterocycles. The van der Waals surface area contributed by atoms with Gasteiger partial charge in [-0.25, -0.2) is 4.98 Å². The van der Waals surface area contributed by atoms with Crippen LogP contribution in [0.15, 0.2) is 48.7 Å². The minimum atomic E-state index is -0.348. The third kappa shape index (κ3) is 3.84. The van der Waals surface area contributed by atoms with Gasteiger partial charge in [-0.15, -0.1) is 0 Å². The number of carbonyl (C=O) groups excluding carboxylic acids is 2. The fraction of sp³-hybridized carbons (Fsp3) is 0.286. The molecule has 6 nitrogen and oxygen atoms in total. The second-order valence-electron chi connectivity index (χ2n) is 6.49. The molecular weight excluding hydrogens is 340 g/mol. The Morgan fingerprint density at radius 3 is 2.56 bits per heavy atom. The number of amides is 2. The van der Waals surface area contributed by atoms with Crippen molar-refractivity contribution in [2.75, 3.05) is 5.32 Å². The summed E-state index contributed by atoms with van der Waals surface area (Å²) in [6, 6.07) is 13.1. The van der Waals surface area contributed by atoms with Crippen LogP contribution in [-0.2, 0) is 6.42 Å². The number of nitrogens with zero attached hydrogens (tertiary/aromatic N) is 2. The first-order valence-corrected chi connectivity index (χ1v) is 9.22. The summed E-state index contributed by atoms with van der Waals surface area (Å²) in [6.07, 6.45) is 3.36. The van der Waals surface area contributed by atoms with Gasteiger partial charge < -0.3 is 10.6 Å². The van der Waals surface area contributed by atoms with Gasteiger partial charge in [-0.1, -0.05) is 38.1 Å². The smallest absolute Gasteiger partial charge is 0.292 e. The van der Waals surface area contributed by atoms with Crippen LogP contribution in [-0.4, -0.2) is 27.2 Å². The SMILES string of the molecule is CCc1ccccc1NC(=O)c1nc(C(=O)NC(C)CC)c2ccccn12. The van der Waals surface area contributed by atoms with E-state index in [2.05, 4.69) is 15.6 Å². The summed E-state index contributed by atoms with van der Waals surface area (Å²) in [4.78, 5) is 29.9. The molecule has 2 amide bonds. The number of rotatable bonds is 6. The highest BCUT2D eigenvalue weighted by Gasteiger charge is 2.22. The molecule has 1 unspecified atom stereocenters. The fourth-order valence-corrected chi connectivity index (χ4v) is 2.89. The number of para-hydroxylation sites is 1. The number of benzene rings is 1. The van der Waals surface area contributed by atoms with Gasteiger partial charge in [0.25, 0.3) is 11.8 Å². The molecular formula is C21H24N4O2. The Kier molecular flexibility index (Phi) is 5.54. The van der Waals surface area contributed by atoms with Gasteiger partial charge in [-0.05, 0) is 43.5 Å². The van der Waals surface area contributed by atoms with E-state index in [0.29, 0.717) is 5.52 Å². The topological polar surface area (TPSA) is 75.5 Å². The van der Waals surface area contributed by atoms with Crippen molar-refractivity contribution in [1.82, 2.24) is 14.7 Å². The number of fused-ring (bicyclic) bond motifs is 1. The Balaban J connectivity index is 1.97. The molecule has 3 rings (SSSR count). The van der Waals surface area contributed by atoms with Crippen LogP contribution in [0.4, 0.5) is 5.69 Å². The maximum atomic E-state index is 12.9. The quantitative estimate of drug-likeness (QED) is 0.701. The number of hydrogen-bond acceptors (Lipinski definition) is 3. The molecule has 1 atom stereocenters. The normalized spacial score (nSPS) is 12.0. The van der Waals surface area contributed by atoms with Gasteiger partial charge in [0.1, 0.15) is 0 Å². The lowest BCUT2D eigenvalue weighted by Gasteiger charge is -2.09. The summed E-state index contributed by atoms with van der Waals surface area (Å²) in [7, 11) is 0. The van der Waals surface area contributed by atoms with E-state index in [9.17, 15) is 9.59 Å². The zero-order valence-electron chi connectivity index (χ0n) is 15.8. The van der Waals surface area contributed by atoms with Gasteiger partial charge in [0.05, 0.1) is 5.52 Å². The monoisotopic (exact) mass is 364 g/mol. The number of hydrogen-bond donors (Lipinski definition) is 2. The second kappa shape index (κ2) is 8.03. The van der Waals surface area contributed by atoms with E-state index >= 15 is 0 Å². The molecule has 0 aliphatic carbocycles. The molecule has 0 fully saturated rings. The first-order valence-electron chi connectivity index (χ1n) is 9.22. The highest BCUT2D eigenvalue weighted by Crippen LogP contribution is 2.18. The van der Waals surface area contributed by atoms with E-state index in [1.54, 1.807) is 16.7 Å². The molecule has 27 heavy (non-hydrogen) atoms. The van der Waals surface area contributed by atoms with Gasteiger partial charge in [-0.3, -0.25) is 14.0 Å². The number of aryl methyl sites for hydroxylation is 1. The lowest BCUT2D eigenvalue weighted by Crippen LogP contribution is -2.32. The summed E-state index contributed by atoms with van der Waals surface area (Å²) < 4.78 is 1.65. The molecule has 0 bridgehead atoms. The lowest BCUT2D eigenvalue weighted by molar-refractivity contribution is 0.0936. The van der Waals surface area contributed by atoms with E-state index < -0.39 is 0 Å². The van der Waals surface area contributed by atoms with Crippen molar-refractivity contribution in [3.63, 3.8) is 0 Å². The van der Waals surface area contributed by atoms with E-state index in [-0.39, 0.29) is 29.4 Å². The predicted molar refractivity (Wildman–Crippen MR) is 106 cm³/mol. The summed E-state index contributed by atoms with van der Waals surface area (Å²) >= 11 is 0. The molecule has 2 N–H and O–H groups in total. The molecule has 1 aromatic carbocycles. The van der Waals surface area contributed by atoms with Crippen molar-refractivity contribution in [1.29, 1.82) is 0 Å². The molecule has 0 spiro atoms. The van der Waals surface area contributed by atoms with Crippen molar-refractivity contribution in [2.45, 2.75) is 39.7 Å². The Bertz CT molecular complexity index is 977. The molecule has 6 heteroatoms. The van der Waals surface area contributed by atoms with E-state index in [1.165, 1.54) is 0 Å². The zero-order chi connectivity index (χ0) is 19.4. The Labute approximate surface area is 158 Å². The summed E-state index contributed by atoms with van der Waals surface area (Å²) in [5.41, 5.74) is 2.65. The van der Waals surface area contributed by atoms with Crippen molar-refractivity contribution in [2.24, 2.45) is 0 Å². The first kappa shape index (κ1) is 18.6. The molecule has 0 radical (unpaired) electrons. The third-order valence-electron chi connectivity index (χ3n) is 4.60. The zero-order valence-corrected chi connectivity index (χ0v) is 15.8. The Hall–Kier alpha value is -3.15. The maximum Gasteiger partial charge on any atom is 0.292 e. The van der Waals surface area contributed by atoms with Crippen molar-refractivity contribution in [3.05, 3.63) is 65.7 Å².